The second-order valence-corrected chi connectivity index (χ2v) is 18.0. The van der Waals surface area contributed by atoms with Crippen molar-refractivity contribution in [3.05, 3.63) is 120 Å². The summed E-state index contributed by atoms with van der Waals surface area (Å²) in [5.41, 5.74) is 7.85. The molecule has 0 aliphatic heterocycles. The van der Waals surface area contributed by atoms with Crippen molar-refractivity contribution in [2.75, 3.05) is 32.2 Å². The highest BCUT2D eigenvalue weighted by atomic mass is 16.5. The van der Waals surface area contributed by atoms with Gasteiger partial charge in [0.25, 0.3) is 0 Å². The predicted molar refractivity (Wildman–Crippen MR) is 278 cm³/mol. The van der Waals surface area contributed by atoms with Crippen molar-refractivity contribution in [1.82, 2.24) is 15.0 Å². The maximum atomic E-state index is 13.2. The maximum Gasteiger partial charge on any atom is 0.338 e. The van der Waals surface area contributed by atoms with Crippen molar-refractivity contribution >= 4 is 17.4 Å². The van der Waals surface area contributed by atoms with E-state index in [0.717, 1.165) is 77.0 Å². The minimum absolute atomic E-state index is 0.0359. The van der Waals surface area contributed by atoms with Crippen LogP contribution < -0.4 is 19.9 Å². The van der Waals surface area contributed by atoms with E-state index in [-0.39, 0.29) is 52.2 Å². The van der Waals surface area contributed by atoms with Crippen molar-refractivity contribution in [3.63, 3.8) is 0 Å². The molecule has 0 fully saturated rings. The van der Waals surface area contributed by atoms with Crippen LogP contribution in [0.3, 0.4) is 0 Å². The highest BCUT2D eigenvalue weighted by molar-refractivity contribution is 6.15. The van der Waals surface area contributed by atoms with Crippen LogP contribution in [0.15, 0.2) is 103 Å². The van der Waals surface area contributed by atoms with Gasteiger partial charge in [-0.1, -0.05) is 104 Å². The summed E-state index contributed by atoms with van der Waals surface area (Å²) in [6.45, 7) is 10.6. The molecule has 6 aromatic rings. The van der Waals surface area contributed by atoms with Gasteiger partial charge in [-0.15, -0.1) is 0 Å². The first-order valence-electron chi connectivity index (χ1n) is 25.3. The number of anilines is 1. The second kappa shape index (κ2) is 27.3. The van der Waals surface area contributed by atoms with Gasteiger partial charge in [0.2, 0.25) is 0 Å². The highest BCUT2D eigenvalue weighted by Crippen LogP contribution is 2.36. The van der Waals surface area contributed by atoms with Gasteiger partial charge in [-0.2, -0.15) is 0 Å². The van der Waals surface area contributed by atoms with E-state index in [0.29, 0.717) is 83.5 Å². The number of hydrogen-bond acceptors (Lipinski definition) is 13. The van der Waals surface area contributed by atoms with Crippen LogP contribution in [0.4, 0.5) is 5.69 Å². The fraction of sp³-hybridized carbons (Fsp3) is 0.397. The van der Waals surface area contributed by atoms with Crippen LogP contribution in [-0.4, -0.2) is 68.5 Å². The molecule has 0 saturated heterocycles. The monoisotopic (exact) mass is 967 g/mol. The number of ether oxygens (including phenoxy) is 4. The Labute approximate surface area is 418 Å². The van der Waals surface area contributed by atoms with Gasteiger partial charge in [-0.05, 0) is 104 Å². The molecule has 0 aliphatic rings. The Bertz CT molecular complexity index is 2570. The zero-order valence-corrected chi connectivity index (χ0v) is 41.7. The van der Waals surface area contributed by atoms with E-state index >= 15 is 0 Å². The summed E-state index contributed by atoms with van der Waals surface area (Å²) in [7, 11) is 0. The number of nitrogens with two attached hydrogens (primary N) is 1. The third kappa shape index (κ3) is 15.4. The molecule has 0 bridgehead atoms. The van der Waals surface area contributed by atoms with Crippen LogP contribution in [0.5, 0.6) is 34.5 Å². The Balaban J connectivity index is 1.05. The summed E-state index contributed by atoms with van der Waals surface area (Å²) in [6.07, 6.45) is 13.0. The van der Waals surface area contributed by atoms with Crippen molar-refractivity contribution in [2.45, 2.75) is 111 Å². The average molecular weight is 967 g/mol. The molecular formula is C58H70N4O9. The second-order valence-electron chi connectivity index (χ2n) is 18.0. The molecule has 0 spiro atoms. The van der Waals surface area contributed by atoms with Crippen LogP contribution in [0.1, 0.15) is 137 Å². The van der Waals surface area contributed by atoms with E-state index in [4.69, 9.17) is 39.6 Å². The number of nitrogens with zero attached hydrogens (tertiary/aromatic N) is 3. The molecule has 5 aromatic carbocycles. The number of aromatic hydroxyl groups is 3. The summed E-state index contributed by atoms with van der Waals surface area (Å²) in [4.78, 5) is 40.5. The van der Waals surface area contributed by atoms with Crippen molar-refractivity contribution in [1.29, 1.82) is 0 Å². The van der Waals surface area contributed by atoms with Crippen LogP contribution >= 0.6 is 0 Å². The van der Waals surface area contributed by atoms with Gasteiger partial charge < -0.3 is 40.0 Å². The van der Waals surface area contributed by atoms with Crippen molar-refractivity contribution < 1.29 is 43.9 Å². The van der Waals surface area contributed by atoms with Gasteiger partial charge in [0.05, 0.1) is 48.7 Å². The molecule has 13 nitrogen and oxygen atoms in total. The molecule has 6 rings (SSSR count). The molecule has 71 heavy (non-hydrogen) atoms. The number of carbonyl (C=O) groups excluding carboxylic acids is 2. The SMILES string of the molecule is CCCCC(CC)COc1ccc(-c2nc(-c3ccc(OCCCCCCCOC(=O)c4ccccc4C(=O)c4ccc(N)cc4O)cc3)nc(-c3ccc(OCC(CC)CCCC)cc3O)n2)c(O)c1. The normalized spacial score (nSPS) is 12.0. The standard InChI is InChI=1S/C58H70N4O9/c1-5-9-18-39(7-3)37-70-44-27-30-49(52(64)35-44)56-60-55(61-57(62-56)50-31-28-45(36-53(50)65)71-38-40(8-4)19-10-6-2)41-22-25-43(26-23-41)68-32-16-12-11-13-17-33-69-58(67)47-21-15-14-20-46(47)54(66)48-29-24-42(59)34-51(48)63/h14-15,20-31,34-36,39-40,63-65H,5-13,16-19,32-33,37-38,59H2,1-4H3. The molecule has 5 N–H and O–H groups in total. The zero-order valence-electron chi connectivity index (χ0n) is 41.7. The number of carbonyl (C=O) groups is 2. The molecule has 2 unspecified atom stereocenters. The van der Waals surface area contributed by atoms with Gasteiger partial charge in [-0.3, -0.25) is 4.79 Å². The van der Waals surface area contributed by atoms with Crippen LogP contribution in [-0.2, 0) is 4.74 Å². The number of nitrogen functional groups attached to an aromatic ring is 1. The minimum Gasteiger partial charge on any atom is -0.507 e. The van der Waals surface area contributed by atoms with E-state index in [2.05, 4.69) is 27.7 Å². The van der Waals surface area contributed by atoms with Crippen LogP contribution in [0, 0.1) is 11.8 Å². The molecule has 0 aliphatic carbocycles. The quantitative estimate of drug-likeness (QED) is 0.0150. The first kappa shape index (κ1) is 53.2. The molecule has 13 heteroatoms. The third-order valence-electron chi connectivity index (χ3n) is 12.7. The Hall–Kier alpha value is -7.15. The number of ketones is 1. The number of unbranched alkanes of at least 4 members (excludes halogenated alkanes) is 6. The number of rotatable bonds is 29. The predicted octanol–water partition coefficient (Wildman–Crippen LogP) is 13.2. The van der Waals surface area contributed by atoms with Gasteiger partial charge in [0, 0.05) is 35.0 Å². The van der Waals surface area contributed by atoms with E-state index < -0.39 is 11.8 Å². The Morgan fingerprint density at radius 2 is 1.04 bits per heavy atom. The Kier molecular flexibility index (Phi) is 20.5. The molecule has 376 valence electrons. The van der Waals surface area contributed by atoms with Crippen LogP contribution in [0.2, 0.25) is 0 Å². The Morgan fingerprint density at radius 1 is 0.521 bits per heavy atom. The van der Waals surface area contributed by atoms with Gasteiger partial charge in [0.15, 0.2) is 23.3 Å². The summed E-state index contributed by atoms with van der Waals surface area (Å²) in [5.74, 6) is 2.07. The molecule has 0 radical (unpaired) electrons. The van der Waals surface area contributed by atoms with Gasteiger partial charge >= 0.3 is 5.97 Å². The number of benzene rings is 5. The maximum absolute atomic E-state index is 13.2. The largest absolute Gasteiger partial charge is 0.507 e. The molecular weight excluding hydrogens is 897 g/mol. The average Bonchev–Trinajstić information content (AvgIpc) is 3.38. The Morgan fingerprint density at radius 3 is 1.58 bits per heavy atom. The zero-order chi connectivity index (χ0) is 50.5. The van der Waals surface area contributed by atoms with E-state index in [1.165, 1.54) is 30.3 Å². The summed E-state index contributed by atoms with van der Waals surface area (Å²) >= 11 is 0. The van der Waals surface area contributed by atoms with E-state index in [9.17, 15) is 24.9 Å². The number of phenols is 3. The summed E-state index contributed by atoms with van der Waals surface area (Å²) in [5, 5.41) is 32.9. The molecule has 1 heterocycles. The lowest BCUT2D eigenvalue weighted by atomic mass is 9.97. The number of phenolic OH excluding ortho intramolecular Hbond substituents is 3. The lowest BCUT2D eigenvalue weighted by Gasteiger charge is -2.16. The first-order chi connectivity index (χ1) is 34.5. The molecule has 0 saturated carbocycles. The van der Waals surface area contributed by atoms with Gasteiger partial charge in [-0.25, -0.2) is 19.7 Å². The number of esters is 1. The van der Waals surface area contributed by atoms with Crippen molar-refractivity contribution in [2.24, 2.45) is 11.8 Å². The van der Waals surface area contributed by atoms with Gasteiger partial charge in [0.1, 0.15) is 34.5 Å². The first-order valence-corrected chi connectivity index (χ1v) is 25.3. The van der Waals surface area contributed by atoms with E-state index in [1.54, 1.807) is 36.4 Å². The molecule has 2 atom stereocenters. The summed E-state index contributed by atoms with van der Waals surface area (Å²) < 4.78 is 23.8. The third-order valence-corrected chi connectivity index (χ3v) is 12.7. The minimum atomic E-state index is -0.596. The smallest absolute Gasteiger partial charge is 0.338 e. The van der Waals surface area contributed by atoms with E-state index in [1.807, 2.05) is 36.4 Å². The highest BCUT2D eigenvalue weighted by Gasteiger charge is 2.22. The lowest BCUT2D eigenvalue weighted by molar-refractivity contribution is 0.0495. The molecule has 1 aromatic heterocycles. The number of aromatic nitrogens is 3. The fourth-order valence-corrected chi connectivity index (χ4v) is 8.16. The summed E-state index contributed by atoms with van der Waals surface area (Å²) in [6, 6.07) is 28.4. The fourth-order valence-electron chi connectivity index (χ4n) is 8.16. The van der Waals surface area contributed by atoms with Crippen LogP contribution in [0.25, 0.3) is 34.2 Å². The topological polar surface area (TPSA) is 196 Å². The molecule has 0 amide bonds. The number of hydrogen-bond donors (Lipinski definition) is 4. The lowest BCUT2D eigenvalue weighted by Crippen LogP contribution is -2.13. The van der Waals surface area contributed by atoms with Crippen molar-refractivity contribution in [3.8, 4) is 68.7 Å².